The first-order valence-electron chi connectivity index (χ1n) is 7.08. The van der Waals surface area contributed by atoms with Crippen LogP contribution in [0.3, 0.4) is 0 Å². The van der Waals surface area contributed by atoms with Crippen LogP contribution in [0.1, 0.15) is 39.5 Å². The molecule has 1 N–H and O–H groups in total. The van der Waals surface area contributed by atoms with Gasteiger partial charge in [-0.15, -0.1) is 0 Å². The maximum Gasteiger partial charge on any atom is 0.0631 e. The second kappa shape index (κ2) is 5.68. The number of aliphatic hydroxyl groups excluding tert-OH is 1. The van der Waals surface area contributed by atoms with E-state index in [9.17, 15) is 5.11 Å². The van der Waals surface area contributed by atoms with Gasteiger partial charge >= 0.3 is 0 Å². The lowest BCUT2D eigenvalue weighted by atomic mass is 9.69. The van der Waals surface area contributed by atoms with Crippen LogP contribution in [0, 0.1) is 11.3 Å². The van der Waals surface area contributed by atoms with E-state index in [4.69, 9.17) is 4.74 Å². The average Bonchev–Trinajstić information content (AvgIpc) is 2.53. The summed E-state index contributed by atoms with van der Waals surface area (Å²) in [6.45, 7) is 9.37. The molecule has 0 radical (unpaired) electrons. The summed E-state index contributed by atoms with van der Waals surface area (Å²) in [7, 11) is 0. The van der Waals surface area contributed by atoms with Crippen molar-refractivity contribution in [2.75, 3.05) is 32.8 Å². The molecule has 0 aromatic rings. The minimum absolute atomic E-state index is 0.102. The van der Waals surface area contributed by atoms with Gasteiger partial charge in [0.05, 0.1) is 12.7 Å². The maximum absolute atomic E-state index is 10.4. The van der Waals surface area contributed by atoms with Crippen LogP contribution in [0.4, 0.5) is 0 Å². The van der Waals surface area contributed by atoms with Gasteiger partial charge < -0.3 is 14.7 Å². The predicted octanol–water partition coefficient (Wildman–Crippen LogP) is 1.90. The SMILES string of the molecule is CC1(C)CCCC(CN2CCCOCC2)C1O. The lowest BCUT2D eigenvalue weighted by molar-refractivity contribution is -0.0429. The Balaban J connectivity index is 1.88. The van der Waals surface area contributed by atoms with E-state index in [1.807, 2.05) is 0 Å². The van der Waals surface area contributed by atoms with Gasteiger partial charge in [-0.2, -0.15) is 0 Å². The highest BCUT2D eigenvalue weighted by Gasteiger charge is 2.38. The van der Waals surface area contributed by atoms with Crippen LogP contribution < -0.4 is 0 Å². The van der Waals surface area contributed by atoms with E-state index >= 15 is 0 Å². The zero-order valence-corrected chi connectivity index (χ0v) is 11.3. The highest BCUT2D eigenvalue weighted by Crippen LogP contribution is 2.39. The van der Waals surface area contributed by atoms with Crippen molar-refractivity contribution in [1.29, 1.82) is 0 Å². The number of aliphatic hydroxyl groups is 1. The van der Waals surface area contributed by atoms with Crippen LogP contribution in [0.25, 0.3) is 0 Å². The Morgan fingerprint density at radius 1 is 1.24 bits per heavy atom. The molecular weight excluding hydrogens is 214 g/mol. The maximum atomic E-state index is 10.4. The quantitative estimate of drug-likeness (QED) is 0.801. The second-order valence-electron chi connectivity index (χ2n) is 6.35. The van der Waals surface area contributed by atoms with E-state index in [1.165, 1.54) is 12.8 Å². The largest absolute Gasteiger partial charge is 0.392 e. The Kier molecular flexibility index (Phi) is 4.45. The molecule has 2 rings (SSSR count). The number of hydrogen-bond acceptors (Lipinski definition) is 3. The summed E-state index contributed by atoms with van der Waals surface area (Å²) >= 11 is 0. The van der Waals surface area contributed by atoms with Crippen molar-refractivity contribution in [2.24, 2.45) is 11.3 Å². The van der Waals surface area contributed by atoms with E-state index < -0.39 is 0 Å². The molecule has 0 aromatic heterocycles. The lowest BCUT2D eigenvalue weighted by Crippen LogP contribution is -2.45. The van der Waals surface area contributed by atoms with Gasteiger partial charge in [0.15, 0.2) is 0 Å². The van der Waals surface area contributed by atoms with Crippen LogP contribution in [-0.4, -0.2) is 49.0 Å². The van der Waals surface area contributed by atoms with Gasteiger partial charge in [0.25, 0.3) is 0 Å². The van der Waals surface area contributed by atoms with Gasteiger partial charge in [-0.1, -0.05) is 20.3 Å². The molecule has 2 atom stereocenters. The molecular formula is C14H27NO2. The van der Waals surface area contributed by atoms with Crippen LogP contribution in [0.5, 0.6) is 0 Å². The first-order chi connectivity index (χ1) is 8.09. The fourth-order valence-corrected chi connectivity index (χ4v) is 3.27. The molecule has 1 saturated carbocycles. The van der Waals surface area contributed by atoms with Crippen molar-refractivity contribution in [1.82, 2.24) is 4.90 Å². The van der Waals surface area contributed by atoms with Crippen molar-refractivity contribution in [2.45, 2.75) is 45.6 Å². The molecule has 0 aromatic carbocycles. The molecule has 100 valence electrons. The summed E-state index contributed by atoms with van der Waals surface area (Å²) < 4.78 is 5.48. The number of nitrogens with zero attached hydrogens (tertiary/aromatic N) is 1. The van der Waals surface area contributed by atoms with Crippen molar-refractivity contribution < 1.29 is 9.84 Å². The molecule has 1 aliphatic carbocycles. The van der Waals surface area contributed by atoms with Crippen LogP contribution in [-0.2, 0) is 4.74 Å². The van der Waals surface area contributed by atoms with Crippen LogP contribution in [0.15, 0.2) is 0 Å². The van der Waals surface area contributed by atoms with E-state index in [-0.39, 0.29) is 11.5 Å². The highest BCUT2D eigenvalue weighted by molar-refractivity contribution is 4.89. The molecule has 2 unspecified atom stereocenters. The van der Waals surface area contributed by atoms with Crippen LogP contribution >= 0.6 is 0 Å². The summed E-state index contributed by atoms with van der Waals surface area (Å²) in [5, 5.41) is 10.4. The van der Waals surface area contributed by atoms with E-state index in [0.29, 0.717) is 5.92 Å². The highest BCUT2D eigenvalue weighted by atomic mass is 16.5. The molecule has 17 heavy (non-hydrogen) atoms. The predicted molar refractivity (Wildman–Crippen MR) is 69.0 cm³/mol. The summed E-state index contributed by atoms with van der Waals surface area (Å²) in [6, 6.07) is 0. The van der Waals surface area contributed by atoms with Gasteiger partial charge in [-0.3, -0.25) is 0 Å². The summed E-state index contributed by atoms with van der Waals surface area (Å²) in [6.07, 6.45) is 4.60. The van der Waals surface area contributed by atoms with Crippen molar-refractivity contribution in [3.63, 3.8) is 0 Å². The molecule has 3 heteroatoms. The topological polar surface area (TPSA) is 32.7 Å². The zero-order chi connectivity index (χ0) is 12.3. The Bertz CT molecular complexity index is 234. The average molecular weight is 241 g/mol. The molecule has 2 aliphatic rings. The fourth-order valence-electron chi connectivity index (χ4n) is 3.27. The molecule has 1 heterocycles. The number of hydrogen-bond donors (Lipinski definition) is 1. The lowest BCUT2D eigenvalue weighted by Gasteiger charge is -2.42. The summed E-state index contributed by atoms with van der Waals surface area (Å²) in [5.74, 6) is 0.455. The third kappa shape index (κ3) is 3.43. The smallest absolute Gasteiger partial charge is 0.0631 e. The van der Waals surface area contributed by atoms with Crippen molar-refractivity contribution in [3.05, 3.63) is 0 Å². The van der Waals surface area contributed by atoms with E-state index in [0.717, 1.165) is 45.7 Å². The van der Waals surface area contributed by atoms with E-state index in [1.54, 1.807) is 0 Å². The Hall–Kier alpha value is -0.120. The minimum atomic E-state index is -0.138. The zero-order valence-electron chi connectivity index (χ0n) is 11.3. The monoisotopic (exact) mass is 241 g/mol. The number of rotatable bonds is 2. The van der Waals surface area contributed by atoms with E-state index in [2.05, 4.69) is 18.7 Å². The van der Waals surface area contributed by atoms with Crippen molar-refractivity contribution in [3.8, 4) is 0 Å². The molecule has 1 saturated heterocycles. The summed E-state index contributed by atoms with van der Waals surface area (Å²) in [5.41, 5.74) is 0.102. The minimum Gasteiger partial charge on any atom is -0.392 e. The third-order valence-corrected chi connectivity index (χ3v) is 4.45. The van der Waals surface area contributed by atoms with Crippen LogP contribution in [0.2, 0.25) is 0 Å². The molecule has 3 nitrogen and oxygen atoms in total. The van der Waals surface area contributed by atoms with Gasteiger partial charge in [-0.25, -0.2) is 0 Å². The van der Waals surface area contributed by atoms with Gasteiger partial charge in [0.2, 0.25) is 0 Å². The standard InChI is InChI=1S/C14H27NO2/c1-14(2)6-3-5-12(13(14)16)11-15-7-4-9-17-10-8-15/h12-13,16H,3-11H2,1-2H3. The first kappa shape index (κ1) is 13.3. The Labute approximate surface area is 105 Å². The van der Waals surface area contributed by atoms with Gasteiger partial charge in [-0.05, 0) is 30.6 Å². The first-order valence-corrected chi connectivity index (χ1v) is 7.08. The van der Waals surface area contributed by atoms with Crippen molar-refractivity contribution >= 4 is 0 Å². The summed E-state index contributed by atoms with van der Waals surface area (Å²) in [4.78, 5) is 2.47. The Morgan fingerprint density at radius 2 is 2.06 bits per heavy atom. The normalized spacial score (nSPS) is 35.5. The number of ether oxygens (including phenoxy) is 1. The molecule has 2 fully saturated rings. The third-order valence-electron chi connectivity index (χ3n) is 4.45. The second-order valence-corrected chi connectivity index (χ2v) is 6.35. The molecule has 0 amide bonds. The molecule has 1 aliphatic heterocycles. The molecule has 0 bridgehead atoms. The van der Waals surface area contributed by atoms with Gasteiger partial charge in [0, 0.05) is 26.2 Å². The Morgan fingerprint density at radius 3 is 2.88 bits per heavy atom. The fraction of sp³-hybridized carbons (Fsp3) is 1.00. The van der Waals surface area contributed by atoms with Gasteiger partial charge in [0.1, 0.15) is 0 Å². The molecule has 0 spiro atoms.